The minimum atomic E-state index is -0.0563. The molecule has 0 aromatic heterocycles. The second kappa shape index (κ2) is 4.71. The van der Waals surface area contributed by atoms with Crippen molar-refractivity contribution in [1.29, 1.82) is 0 Å². The first-order valence-corrected chi connectivity index (χ1v) is 9.25. The Balaban J connectivity index is 1.56. The van der Waals surface area contributed by atoms with Crippen LogP contribution in [0.2, 0.25) is 0 Å². The highest BCUT2D eigenvalue weighted by molar-refractivity contribution is 5.41. The summed E-state index contributed by atoms with van der Waals surface area (Å²) in [7, 11) is 0. The zero-order valence-electron chi connectivity index (χ0n) is 13.7. The lowest BCUT2D eigenvalue weighted by Crippen LogP contribution is -2.45. The van der Waals surface area contributed by atoms with Gasteiger partial charge in [-0.2, -0.15) is 0 Å². The van der Waals surface area contributed by atoms with E-state index in [1.165, 1.54) is 17.5 Å². The normalized spacial score (nSPS) is 41.5. The van der Waals surface area contributed by atoms with Gasteiger partial charge in [0.25, 0.3) is 0 Å². The minimum absolute atomic E-state index is 0.0563. The van der Waals surface area contributed by atoms with E-state index in [0.717, 1.165) is 19.1 Å². The predicted molar refractivity (Wildman–Crippen MR) is 91.7 cm³/mol. The summed E-state index contributed by atoms with van der Waals surface area (Å²) in [5.74, 6) is 2.98. The molecule has 2 saturated heterocycles. The summed E-state index contributed by atoms with van der Waals surface area (Å²) < 4.78 is 12.9. The van der Waals surface area contributed by atoms with Crippen molar-refractivity contribution in [3.8, 4) is 0 Å². The van der Waals surface area contributed by atoms with Crippen molar-refractivity contribution < 1.29 is 9.47 Å². The van der Waals surface area contributed by atoms with Gasteiger partial charge < -0.3 is 9.47 Å². The third-order valence-corrected chi connectivity index (χ3v) is 7.26. The molecule has 2 aliphatic heterocycles. The van der Waals surface area contributed by atoms with Crippen LogP contribution in [-0.4, -0.2) is 24.9 Å². The summed E-state index contributed by atoms with van der Waals surface area (Å²) in [5, 5.41) is 0. The van der Waals surface area contributed by atoms with Crippen molar-refractivity contribution in [2.45, 2.75) is 24.0 Å². The van der Waals surface area contributed by atoms with Gasteiger partial charge in [0.15, 0.2) is 0 Å². The number of rotatable bonds is 3. The maximum absolute atomic E-state index is 6.70. The number of benzene rings is 2. The van der Waals surface area contributed by atoms with E-state index in [9.17, 15) is 0 Å². The van der Waals surface area contributed by atoms with Crippen LogP contribution in [0.25, 0.3) is 0 Å². The molecule has 2 aromatic carbocycles. The van der Waals surface area contributed by atoms with Gasteiger partial charge in [-0.1, -0.05) is 60.7 Å². The topological polar surface area (TPSA) is 18.5 Å². The number of hydrogen-bond donors (Lipinski definition) is 0. The lowest BCUT2D eigenvalue weighted by molar-refractivity contribution is -0.0818. The molecule has 4 fully saturated rings. The Morgan fingerprint density at radius 2 is 1.50 bits per heavy atom. The smallest absolute Gasteiger partial charge is 0.0880 e. The third-order valence-electron chi connectivity index (χ3n) is 7.26. The fraction of sp³-hybridized carbons (Fsp3) is 0.455. The van der Waals surface area contributed by atoms with Crippen LogP contribution in [0.1, 0.15) is 23.5 Å². The molecule has 2 heterocycles. The van der Waals surface area contributed by atoms with E-state index in [2.05, 4.69) is 60.7 Å². The van der Waals surface area contributed by atoms with E-state index >= 15 is 0 Å². The Morgan fingerprint density at radius 3 is 2.17 bits per heavy atom. The molecule has 2 aliphatic carbocycles. The molecule has 122 valence electrons. The van der Waals surface area contributed by atoms with Gasteiger partial charge >= 0.3 is 0 Å². The predicted octanol–water partition coefficient (Wildman–Crippen LogP) is 3.87. The SMILES string of the molecule is c1ccc(C(c2ccccc2)C23OC[C@H]4[C@@H]5CO[C@H](C[C@H]42)[C@@H]53)cc1. The van der Waals surface area contributed by atoms with Crippen molar-refractivity contribution in [3.05, 3.63) is 71.8 Å². The van der Waals surface area contributed by atoms with Crippen molar-refractivity contribution in [3.63, 3.8) is 0 Å². The first-order chi connectivity index (χ1) is 11.9. The minimum Gasteiger partial charge on any atom is -0.377 e. The van der Waals surface area contributed by atoms with Crippen molar-refractivity contribution in [2.75, 3.05) is 13.2 Å². The highest BCUT2D eigenvalue weighted by atomic mass is 16.5. The molecule has 0 radical (unpaired) electrons. The Bertz CT molecular complexity index is 719. The molecule has 0 amide bonds. The molecule has 2 saturated carbocycles. The van der Waals surface area contributed by atoms with Crippen LogP contribution >= 0.6 is 0 Å². The van der Waals surface area contributed by atoms with E-state index < -0.39 is 0 Å². The van der Waals surface area contributed by atoms with Gasteiger partial charge in [-0.25, -0.2) is 0 Å². The van der Waals surface area contributed by atoms with Gasteiger partial charge in [0, 0.05) is 11.8 Å². The van der Waals surface area contributed by atoms with E-state index in [1.54, 1.807) is 0 Å². The van der Waals surface area contributed by atoms with E-state index in [1.807, 2.05) is 0 Å². The Morgan fingerprint density at radius 1 is 0.833 bits per heavy atom. The van der Waals surface area contributed by atoms with Gasteiger partial charge in [0.05, 0.1) is 24.9 Å². The molecule has 2 heteroatoms. The molecule has 6 atom stereocenters. The van der Waals surface area contributed by atoms with Crippen LogP contribution in [0.15, 0.2) is 60.7 Å². The molecular formula is C22H22O2. The zero-order valence-corrected chi connectivity index (χ0v) is 13.7. The lowest BCUT2D eigenvalue weighted by atomic mass is 9.71. The quantitative estimate of drug-likeness (QED) is 0.855. The summed E-state index contributed by atoms with van der Waals surface area (Å²) in [4.78, 5) is 0. The van der Waals surface area contributed by atoms with Gasteiger partial charge in [-0.05, 0) is 35.3 Å². The molecule has 4 bridgehead atoms. The van der Waals surface area contributed by atoms with Gasteiger partial charge in [-0.3, -0.25) is 0 Å². The van der Waals surface area contributed by atoms with Crippen LogP contribution in [0.5, 0.6) is 0 Å². The molecule has 0 N–H and O–H groups in total. The summed E-state index contributed by atoms with van der Waals surface area (Å²) >= 11 is 0. The first-order valence-electron chi connectivity index (χ1n) is 9.25. The fourth-order valence-electron chi connectivity index (χ4n) is 6.61. The Hall–Kier alpha value is -1.64. The summed E-state index contributed by atoms with van der Waals surface area (Å²) in [6, 6.07) is 22.0. The standard InChI is InChI=1S/C22H22O2/c1-3-7-14(8-4-1)20(15-9-5-2-6-10-15)22-18-11-19-21(22)17(12-23-19)16(18)13-24-22/h1-10,16-21H,11-13H2/t16-,17-,18+,19+,21+,22?/m0/s1. The monoisotopic (exact) mass is 318 g/mol. The van der Waals surface area contributed by atoms with Gasteiger partial charge in [0.2, 0.25) is 0 Å². The van der Waals surface area contributed by atoms with E-state index in [4.69, 9.17) is 9.47 Å². The third kappa shape index (κ3) is 1.50. The fourth-order valence-corrected chi connectivity index (χ4v) is 6.61. The summed E-state index contributed by atoms with van der Waals surface area (Å²) in [5.41, 5.74) is 2.73. The largest absolute Gasteiger partial charge is 0.377 e. The zero-order chi connectivity index (χ0) is 15.7. The highest BCUT2D eigenvalue weighted by Gasteiger charge is 2.76. The van der Waals surface area contributed by atoms with Crippen LogP contribution in [0.3, 0.4) is 0 Å². The van der Waals surface area contributed by atoms with Crippen molar-refractivity contribution >= 4 is 0 Å². The average Bonchev–Trinajstić information content (AvgIpc) is 3.32. The van der Waals surface area contributed by atoms with Crippen LogP contribution in [0, 0.1) is 23.7 Å². The number of hydrogen-bond acceptors (Lipinski definition) is 2. The lowest BCUT2D eigenvalue weighted by Gasteiger charge is -2.41. The van der Waals surface area contributed by atoms with Crippen LogP contribution < -0.4 is 0 Å². The molecule has 1 unspecified atom stereocenters. The Labute approximate surface area is 142 Å². The second-order valence-electron chi connectivity index (χ2n) is 7.99. The summed E-state index contributed by atoms with van der Waals surface area (Å²) in [6.45, 7) is 1.88. The number of ether oxygens (including phenoxy) is 2. The molecule has 2 aromatic rings. The maximum atomic E-state index is 6.70. The maximum Gasteiger partial charge on any atom is 0.0880 e. The van der Waals surface area contributed by atoms with Crippen LogP contribution in [0.4, 0.5) is 0 Å². The van der Waals surface area contributed by atoms with E-state index in [-0.39, 0.29) is 5.60 Å². The second-order valence-corrected chi connectivity index (χ2v) is 7.99. The summed E-state index contributed by atoms with van der Waals surface area (Å²) in [6.07, 6.45) is 1.62. The van der Waals surface area contributed by atoms with Crippen LogP contribution in [-0.2, 0) is 9.47 Å². The number of fused-ring (bicyclic) bond motifs is 1. The first kappa shape index (κ1) is 13.6. The molecule has 2 nitrogen and oxygen atoms in total. The average molecular weight is 318 g/mol. The molecule has 24 heavy (non-hydrogen) atoms. The van der Waals surface area contributed by atoms with Gasteiger partial charge in [-0.15, -0.1) is 0 Å². The van der Waals surface area contributed by atoms with Crippen molar-refractivity contribution in [2.24, 2.45) is 23.7 Å². The Kier molecular flexibility index (Phi) is 2.67. The molecular weight excluding hydrogens is 296 g/mol. The molecule has 4 aliphatic rings. The molecule has 6 rings (SSSR count). The van der Waals surface area contributed by atoms with E-state index in [0.29, 0.717) is 29.8 Å². The van der Waals surface area contributed by atoms with Crippen molar-refractivity contribution in [1.82, 2.24) is 0 Å². The highest BCUT2D eigenvalue weighted by Crippen LogP contribution is 2.71. The molecule has 0 spiro atoms. The van der Waals surface area contributed by atoms with Gasteiger partial charge in [0.1, 0.15) is 0 Å².